The molecule has 0 aliphatic heterocycles. The zero-order valence-electron chi connectivity index (χ0n) is 39.1. The molecule has 3 aromatic heterocycles. The minimum atomic E-state index is -2.33. The smallest absolute Gasteiger partial charge is 0.129 e. The minimum absolute atomic E-state index is 0. The Kier molecular flexibility index (Phi) is 7.84. The van der Waals surface area contributed by atoms with E-state index in [0.717, 1.165) is 57.2 Å². The summed E-state index contributed by atoms with van der Waals surface area (Å²) in [4.78, 5) is 8.91. The van der Waals surface area contributed by atoms with Crippen molar-refractivity contribution in [2.75, 3.05) is 0 Å². The summed E-state index contributed by atoms with van der Waals surface area (Å²) in [5.74, 6) is -0.934. The second-order valence-electron chi connectivity index (χ2n) is 14.6. The number of hydrogen-bond acceptors (Lipinski definition) is 3. The van der Waals surface area contributed by atoms with E-state index in [4.69, 9.17) is 15.4 Å². The molecule has 4 heteroatoms. The molecule has 269 valence electrons. The van der Waals surface area contributed by atoms with Gasteiger partial charge in [0.15, 0.2) is 0 Å². The van der Waals surface area contributed by atoms with Crippen LogP contribution in [0.1, 0.15) is 93.4 Å². The summed E-state index contributed by atoms with van der Waals surface area (Å²) in [5.41, 5.74) is 5.03. The molecule has 0 amide bonds. The van der Waals surface area contributed by atoms with Crippen LogP contribution in [-0.2, 0) is 26.5 Å². The number of benzene rings is 5. The fraction of sp³-hybridized carbons (Fsp3) is 0.265. The largest absolute Gasteiger partial charge is 0.500 e. The number of fused-ring (bicyclic) bond motifs is 7. The Balaban J connectivity index is 0.000000208. The second-order valence-corrected chi connectivity index (χ2v) is 14.6. The number of aromatic nitrogens is 2. The summed E-state index contributed by atoms with van der Waals surface area (Å²) in [6.45, 7) is 1.07. The zero-order chi connectivity index (χ0) is 43.5. The summed E-state index contributed by atoms with van der Waals surface area (Å²) >= 11 is 0. The van der Waals surface area contributed by atoms with E-state index in [1.54, 1.807) is 24.3 Å². The topological polar surface area (TPSA) is 38.9 Å². The Morgan fingerprint density at radius 2 is 1.58 bits per heavy atom. The Bertz CT molecular complexity index is 2890. The van der Waals surface area contributed by atoms with Crippen LogP contribution >= 0.6 is 0 Å². The monoisotopic (exact) mass is 880 g/mol. The Labute approximate surface area is 339 Å². The summed E-state index contributed by atoms with van der Waals surface area (Å²) < 4.78 is 78.8. The van der Waals surface area contributed by atoms with Crippen LogP contribution in [0.4, 0.5) is 0 Å². The summed E-state index contributed by atoms with van der Waals surface area (Å²) in [6, 6.07) is 36.8. The van der Waals surface area contributed by atoms with Gasteiger partial charge in [-0.15, -0.1) is 53.6 Å². The van der Waals surface area contributed by atoms with E-state index in [9.17, 15) is 1.37 Å². The molecule has 8 aromatic rings. The first-order chi connectivity index (χ1) is 28.8. The van der Waals surface area contributed by atoms with Crippen LogP contribution in [0.5, 0.6) is 0 Å². The van der Waals surface area contributed by atoms with Crippen molar-refractivity contribution in [2.45, 2.75) is 78.8 Å². The Hall–Kier alpha value is -4.63. The zero-order valence-corrected chi connectivity index (χ0v) is 32.5. The molecule has 9 rings (SSSR count). The molecule has 3 heterocycles. The molecule has 1 saturated carbocycles. The first-order valence-electron chi connectivity index (χ1n) is 22.4. The molecule has 0 N–H and O–H groups in total. The Morgan fingerprint density at radius 3 is 2.34 bits per heavy atom. The van der Waals surface area contributed by atoms with E-state index in [0.29, 0.717) is 52.1 Å². The van der Waals surface area contributed by atoms with Crippen molar-refractivity contribution in [3.05, 3.63) is 144 Å². The van der Waals surface area contributed by atoms with Crippen LogP contribution in [0.3, 0.4) is 0 Å². The summed E-state index contributed by atoms with van der Waals surface area (Å²) in [7, 11) is 0. The summed E-state index contributed by atoms with van der Waals surface area (Å²) in [6.07, 6.45) is 5.72. The molecule has 0 atom stereocenters. The molecular weight excluding hydrogens is 825 g/mol. The van der Waals surface area contributed by atoms with Gasteiger partial charge < -0.3 is 14.4 Å². The van der Waals surface area contributed by atoms with Gasteiger partial charge in [-0.25, -0.2) is 0 Å². The Morgan fingerprint density at radius 1 is 0.792 bits per heavy atom. The maximum atomic E-state index is 9.25. The maximum absolute atomic E-state index is 9.25. The van der Waals surface area contributed by atoms with E-state index in [2.05, 4.69) is 58.5 Å². The van der Waals surface area contributed by atoms with Gasteiger partial charge in [-0.2, -0.15) is 0 Å². The third-order valence-corrected chi connectivity index (χ3v) is 9.68. The van der Waals surface area contributed by atoms with Crippen molar-refractivity contribution in [3.63, 3.8) is 0 Å². The molecule has 53 heavy (non-hydrogen) atoms. The fourth-order valence-electron chi connectivity index (χ4n) is 7.25. The van der Waals surface area contributed by atoms with Crippen LogP contribution in [0.25, 0.3) is 66.0 Å². The molecule has 0 unspecified atom stereocenters. The third kappa shape index (κ3) is 7.72. The standard InChI is InChI=1S/C32H26NO.C17H20N.Ir/c1-20-19-33-29(18-28(20)21-8-3-2-4-9-21)27-13-7-12-25-26-17-16-23-15-14-22-10-5-6-11-24(22)30(23)32(26)34-31(25)27;1-13-5-8-15(9-6-13)16-10-7-14(12-18-16)11-17(2,3)4;/h5-7,10-12,14-19,21H,2-4,8-9H2,1H3;5-8,10,12H,11H2,1-4H3;/q2*-1;/i1D3,21D;1D3,11D2;. The van der Waals surface area contributed by atoms with Gasteiger partial charge in [-0.05, 0) is 81.6 Å². The van der Waals surface area contributed by atoms with Gasteiger partial charge in [0.1, 0.15) is 5.58 Å². The number of rotatable bonds is 4. The maximum Gasteiger partial charge on any atom is 0.129 e. The molecular formula is C49H46IrN2O-2. The van der Waals surface area contributed by atoms with Gasteiger partial charge in [0.25, 0.3) is 0 Å². The molecule has 1 aliphatic rings. The number of nitrogens with zero attached hydrogens (tertiary/aromatic N) is 2. The molecule has 0 bridgehead atoms. The van der Waals surface area contributed by atoms with Gasteiger partial charge in [0, 0.05) is 55.6 Å². The molecule has 5 aromatic carbocycles. The van der Waals surface area contributed by atoms with Crippen molar-refractivity contribution in [2.24, 2.45) is 5.41 Å². The minimum Gasteiger partial charge on any atom is -0.500 e. The molecule has 1 radical (unpaired) electrons. The average Bonchev–Trinajstić information content (AvgIpc) is 3.62. The van der Waals surface area contributed by atoms with E-state index in [1.807, 2.05) is 51.1 Å². The van der Waals surface area contributed by atoms with E-state index in [-0.39, 0.29) is 31.2 Å². The normalized spacial score (nSPS) is 17.5. The van der Waals surface area contributed by atoms with Crippen molar-refractivity contribution < 1.29 is 36.9 Å². The number of aryl methyl sites for hydroxylation is 2. The average molecular weight is 880 g/mol. The number of pyridine rings is 2. The van der Waals surface area contributed by atoms with Crippen LogP contribution in [-0.4, -0.2) is 9.97 Å². The molecule has 1 aliphatic carbocycles. The predicted molar refractivity (Wildman–Crippen MR) is 218 cm³/mol. The third-order valence-electron chi connectivity index (χ3n) is 9.68. The molecule has 0 spiro atoms. The SMILES string of the molecule is [2H]C([2H])([2H])c1c[c-]c(-c2ccc(C([2H])([2H])C(C)(C)C)cn2)cc1.[2H]C([2H])([2H])c1cnc(-c2[c-]ccc3c2oc2c3ccc3ccc4ccccc4c32)cc1C1([2H])CCCCC1.[Ir]. The second kappa shape index (κ2) is 15.4. The van der Waals surface area contributed by atoms with Crippen molar-refractivity contribution >= 4 is 43.5 Å². The first kappa shape index (κ1) is 27.0. The summed E-state index contributed by atoms with van der Waals surface area (Å²) in [5, 5.41) is 6.45. The van der Waals surface area contributed by atoms with Crippen LogP contribution in [0.15, 0.2) is 114 Å². The predicted octanol–water partition coefficient (Wildman–Crippen LogP) is 13.6. The van der Waals surface area contributed by atoms with Gasteiger partial charge in [0.2, 0.25) is 0 Å². The molecule has 3 nitrogen and oxygen atoms in total. The van der Waals surface area contributed by atoms with Crippen molar-refractivity contribution in [1.82, 2.24) is 9.97 Å². The van der Waals surface area contributed by atoms with Crippen LogP contribution in [0.2, 0.25) is 0 Å². The first-order valence-corrected chi connectivity index (χ1v) is 17.9. The van der Waals surface area contributed by atoms with Crippen molar-refractivity contribution in [1.29, 1.82) is 0 Å². The van der Waals surface area contributed by atoms with Crippen LogP contribution in [0, 0.1) is 31.3 Å². The van der Waals surface area contributed by atoms with E-state index >= 15 is 0 Å². The van der Waals surface area contributed by atoms with E-state index in [1.165, 1.54) is 18.5 Å². The fourth-order valence-corrected chi connectivity index (χ4v) is 7.25. The van der Waals surface area contributed by atoms with Gasteiger partial charge in [-0.3, -0.25) is 0 Å². The van der Waals surface area contributed by atoms with Gasteiger partial charge in [-0.1, -0.05) is 125 Å². The van der Waals surface area contributed by atoms with Gasteiger partial charge in [0.05, 0.1) is 5.58 Å². The van der Waals surface area contributed by atoms with Crippen LogP contribution < -0.4 is 0 Å². The number of furan rings is 1. The molecule has 1 fully saturated rings. The van der Waals surface area contributed by atoms with Crippen molar-refractivity contribution in [3.8, 4) is 22.5 Å². The number of hydrogen-bond donors (Lipinski definition) is 0. The van der Waals surface area contributed by atoms with E-state index < -0.39 is 31.4 Å². The molecule has 0 saturated heterocycles. The van der Waals surface area contributed by atoms with Gasteiger partial charge >= 0.3 is 0 Å². The quantitative estimate of drug-likeness (QED) is 0.131.